The van der Waals surface area contributed by atoms with Crippen LogP contribution < -0.4 is 5.32 Å². The molecule has 2 aromatic rings. The zero-order valence-corrected chi connectivity index (χ0v) is 13.4. The predicted octanol–water partition coefficient (Wildman–Crippen LogP) is 3.86. The van der Waals surface area contributed by atoms with Crippen molar-refractivity contribution >= 4 is 11.3 Å². The number of nitrogens with one attached hydrogen (secondary N) is 1. The number of hydrogen-bond donors (Lipinski definition) is 1. The molecule has 0 aliphatic carbocycles. The fourth-order valence-corrected chi connectivity index (χ4v) is 2.85. The first kappa shape index (κ1) is 15.3. The maximum atomic E-state index is 5.61. The Morgan fingerprint density at radius 3 is 2.80 bits per heavy atom. The Balaban J connectivity index is 1.95. The van der Waals surface area contributed by atoms with E-state index in [2.05, 4.69) is 54.6 Å². The average molecular weight is 292 g/mol. The zero-order chi connectivity index (χ0) is 14.4. The molecule has 0 aliphatic heterocycles. The number of furan rings is 1. The van der Waals surface area contributed by atoms with Crippen LogP contribution in [0, 0.1) is 0 Å². The van der Waals surface area contributed by atoms with E-state index < -0.39 is 0 Å². The summed E-state index contributed by atoms with van der Waals surface area (Å²) in [6.07, 6.45) is 1.80. The van der Waals surface area contributed by atoms with Crippen molar-refractivity contribution in [3.63, 3.8) is 0 Å². The molecule has 0 atom stereocenters. The Labute approximate surface area is 125 Å². The van der Waals surface area contributed by atoms with Crippen LogP contribution in [0.25, 0.3) is 0 Å². The van der Waals surface area contributed by atoms with Gasteiger partial charge < -0.3 is 9.73 Å². The van der Waals surface area contributed by atoms with Crippen molar-refractivity contribution in [3.05, 3.63) is 46.0 Å². The molecule has 20 heavy (non-hydrogen) atoms. The van der Waals surface area contributed by atoms with Crippen molar-refractivity contribution < 1.29 is 4.42 Å². The van der Waals surface area contributed by atoms with Crippen LogP contribution >= 0.6 is 11.3 Å². The molecule has 0 radical (unpaired) electrons. The number of thiophene rings is 1. The standard InChI is InChI=1S/C16H24N2OS/c1-4-18(12-15-6-5-9-20-15)11-14-7-8-19-16(14)10-17-13(2)3/h5-9,13,17H,4,10-12H2,1-3H3. The van der Waals surface area contributed by atoms with E-state index in [0.29, 0.717) is 6.04 Å². The molecule has 4 heteroatoms. The summed E-state index contributed by atoms with van der Waals surface area (Å²) < 4.78 is 5.61. The Morgan fingerprint density at radius 1 is 1.30 bits per heavy atom. The lowest BCUT2D eigenvalue weighted by Gasteiger charge is -2.19. The lowest BCUT2D eigenvalue weighted by molar-refractivity contribution is 0.271. The van der Waals surface area contributed by atoms with E-state index in [9.17, 15) is 0 Å². The molecule has 0 aliphatic rings. The van der Waals surface area contributed by atoms with E-state index in [1.54, 1.807) is 6.26 Å². The van der Waals surface area contributed by atoms with Crippen LogP contribution in [0.15, 0.2) is 34.3 Å². The smallest absolute Gasteiger partial charge is 0.122 e. The second kappa shape index (κ2) is 7.62. The second-order valence-corrected chi connectivity index (χ2v) is 6.32. The summed E-state index contributed by atoms with van der Waals surface area (Å²) in [5.74, 6) is 1.06. The highest BCUT2D eigenvalue weighted by Gasteiger charge is 2.11. The SMILES string of the molecule is CCN(Cc1cccs1)Cc1ccoc1CNC(C)C. The Hall–Kier alpha value is -1.10. The molecule has 1 N–H and O–H groups in total. The molecule has 0 spiro atoms. The van der Waals surface area contributed by atoms with Crippen molar-refractivity contribution in [2.75, 3.05) is 6.54 Å². The van der Waals surface area contributed by atoms with Crippen LogP contribution in [0.2, 0.25) is 0 Å². The third kappa shape index (κ3) is 4.47. The Bertz CT molecular complexity index is 490. The Morgan fingerprint density at radius 2 is 2.15 bits per heavy atom. The fraction of sp³-hybridized carbons (Fsp3) is 0.500. The molecule has 0 unspecified atom stereocenters. The summed E-state index contributed by atoms with van der Waals surface area (Å²) in [5.41, 5.74) is 1.29. The van der Waals surface area contributed by atoms with Gasteiger partial charge in [0, 0.05) is 29.6 Å². The van der Waals surface area contributed by atoms with Gasteiger partial charge in [-0.15, -0.1) is 11.3 Å². The van der Waals surface area contributed by atoms with Gasteiger partial charge in [-0.25, -0.2) is 0 Å². The number of nitrogens with zero attached hydrogens (tertiary/aromatic N) is 1. The van der Waals surface area contributed by atoms with Gasteiger partial charge in [0.2, 0.25) is 0 Å². The molecule has 2 rings (SSSR count). The summed E-state index contributed by atoms with van der Waals surface area (Å²) in [4.78, 5) is 3.85. The van der Waals surface area contributed by atoms with Crippen molar-refractivity contribution in [2.45, 2.75) is 46.4 Å². The minimum atomic E-state index is 0.473. The quantitative estimate of drug-likeness (QED) is 0.801. The van der Waals surface area contributed by atoms with E-state index in [-0.39, 0.29) is 0 Å². The molecular formula is C16H24N2OS. The molecule has 0 saturated carbocycles. The summed E-state index contributed by atoms with van der Waals surface area (Å²) in [6, 6.07) is 6.88. The van der Waals surface area contributed by atoms with Crippen LogP contribution in [0.4, 0.5) is 0 Å². The summed E-state index contributed by atoms with van der Waals surface area (Å²) in [7, 11) is 0. The molecule has 0 amide bonds. The van der Waals surface area contributed by atoms with Crippen molar-refractivity contribution in [3.8, 4) is 0 Å². The summed E-state index contributed by atoms with van der Waals surface area (Å²) >= 11 is 1.82. The first-order valence-electron chi connectivity index (χ1n) is 7.22. The van der Waals surface area contributed by atoms with E-state index in [0.717, 1.165) is 31.9 Å². The number of hydrogen-bond acceptors (Lipinski definition) is 4. The molecule has 0 bridgehead atoms. The van der Waals surface area contributed by atoms with Gasteiger partial charge >= 0.3 is 0 Å². The van der Waals surface area contributed by atoms with E-state index in [4.69, 9.17) is 4.42 Å². The fourth-order valence-electron chi connectivity index (χ4n) is 2.10. The van der Waals surface area contributed by atoms with Gasteiger partial charge in [0.25, 0.3) is 0 Å². The first-order chi connectivity index (χ1) is 9.69. The maximum Gasteiger partial charge on any atom is 0.122 e. The lowest BCUT2D eigenvalue weighted by atomic mass is 10.2. The monoisotopic (exact) mass is 292 g/mol. The normalized spacial score (nSPS) is 11.7. The minimum Gasteiger partial charge on any atom is -0.468 e. The van der Waals surface area contributed by atoms with Crippen LogP contribution in [-0.2, 0) is 19.6 Å². The topological polar surface area (TPSA) is 28.4 Å². The maximum absolute atomic E-state index is 5.61. The third-order valence-electron chi connectivity index (χ3n) is 3.31. The molecular weight excluding hydrogens is 268 g/mol. The van der Waals surface area contributed by atoms with Crippen LogP contribution in [0.1, 0.15) is 37.0 Å². The second-order valence-electron chi connectivity index (χ2n) is 5.29. The van der Waals surface area contributed by atoms with Crippen LogP contribution in [-0.4, -0.2) is 17.5 Å². The van der Waals surface area contributed by atoms with E-state index >= 15 is 0 Å². The molecule has 0 aromatic carbocycles. The first-order valence-corrected chi connectivity index (χ1v) is 8.10. The molecule has 2 heterocycles. The average Bonchev–Trinajstić information content (AvgIpc) is 3.07. The highest BCUT2D eigenvalue weighted by molar-refractivity contribution is 7.09. The zero-order valence-electron chi connectivity index (χ0n) is 12.6. The molecule has 110 valence electrons. The molecule has 2 aromatic heterocycles. The minimum absolute atomic E-state index is 0.473. The predicted molar refractivity (Wildman–Crippen MR) is 84.8 cm³/mol. The van der Waals surface area contributed by atoms with Crippen molar-refractivity contribution in [1.82, 2.24) is 10.2 Å². The highest BCUT2D eigenvalue weighted by atomic mass is 32.1. The molecule has 0 saturated heterocycles. The van der Waals surface area contributed by atoms with Gasteiger partial charge in [0.05, 0.1) is 12.8 Å². The van der Waals surface area contributed by atoms with Crippen LogP contribution in [0.3, 0.4) is 0 Å². The number of rotatable bonds is 8. The largest absolute Gasteiger partial charge is 0.468 e. The van der Waals surface area contributed by atoms with E-state index in [1.807, 2.05) is 11.3 Å². The van der Waals surface area contributed by atoms with Crippen molar-refractivity contribution in [1.29, 1.82) is 0 Å². The Kier molecular flexibility index (Phi) is 5.83. The van der Waals surface area contributed by atoms with Gasteiger partial charge in [-0.05, 0) is 24.1 Å². The van der Waals surface area contributed by atoms with Gasteiger partial charge in [0.1, 0.15) is 5.76 Å². The van der Waals surface area contributed by atoms with Crippen molar-refractivity contribution in [2.24, 2.45) is 0 Å². The molecule has 3 nitrogen and oxygen atoms in total. The van der Waals surface area contributed by atoms with Gasteiger partial charge in [0.15, 0.2) is 0 Å². The molecule has 0 fully saturated rings. The summed E-state index contributed by atoms with van der Waals surface area (Å²) in [5, 5.41) is 5.55. The van der Waals surface area contributed by atoms with Crippen LogP contribution in [0.5, 0.6) is 0 Å². The van der Waals surface area contributed by atoms with Gasteiger partial charge in [-0.1, -0.05) is 26.8 Å². The van der Waals surface area contributed by atoms with Gasteiger partial charge in [-0.3, -0.25) is 4.90 Å². The van der Waals surface area contributed by atoms with Gasteiger partial charge in [-0.2, -0.15) is 0 Å². The van der Waals surface area contributed by atoms with E-state index in [1.165, 1.54) is 10.4 Å². The summed E-state index contributed by atoms with van der Waals surface area (Å²) in [6.45, 7) is 10.3. The third-order valence-corrected chi connectivity index (χ3v) is 4.17. The lowest BCUT2D eigenvalue weighted by Crippen LogP contribution is -2.24. The highest BCUT2D eigenvalue weighted by Crippen LogP contribution is 2.17.